The van der Waals surface area contributed by atoms with E-state index in [1.165, 1.54) is 0 Å². The van der Waals surface area contributed by atoms with E-state index in [9.17, 15) is 4.79 Å². The zero-order valence-electron chi connectivity index (χ0n) is 16.1. The predicted molar refractivity (Wildman–Crippen MR) is 100 cm³/mol. The first-order valence-corrected chi connectivity index (χ1v) is 9.52. The topological polar surface area (TPSA) is 98.2 Å². The zero-order chi connectivity index (χ0) is 19.5. The summed E-state index contributed by atoms with van der Waals surface area (Å²) in [5.41, 5.74) is 2.49. The average Bonchev–Trinajstić information content (AvgIpc) is 3.31. The van der Waals surface area contributed by atoms with Crippen molar-refractivity contribution in [3.8, 4) is 11.5 Å². The minimum atomic E-state index is 0.114. The van der Waals surface area contributed by atoms with E-state index >= 15 is 0 Å². The van der Waals surface area contributed by atoms with Crippen molar-refractivity contribution >= 4 is 5.91 Å². The molecule has 1 amide bonds. The second-order valence-corrected chi connectivity index (χ2v) is 7.29. The Kier molecular flexibility index (Phi) is 5.18. The molecule has 146 valence electrons. The normalized spacial score (nSPS) is 17.1. The Hall–Kier alpha value is -3.03. The minimum absolute atomic E-state index is 0.114. The molecule has 8 heteroatoms. The number of carbonyl (C=O) groups excluding carboxylic acids is 1. The molecule has 0 saturated carbocycles. The number of hydrogen-bond donors (Lipinski definition) is 0. The highest BCUT2D eigenvalue weighted by Crippen LogP contribution is 2.23. The van der Waals surface area contributed by atoms with Gasteiger partial charge in [-0.1, -0.05) is 10.3 Å². The van der Waals surface area contributed by atoms with E-state index in [0.717, 1.165) is 36.2 Å². The van der Waals surface area contributed by atoms with Gasteiger partial charge >= 0.3 is 0 Å². The lowest BCUT2D eigenvalue weighted by molar-refractivity contribution is -0.132. The van der Waals surface area contributed by atoms with Gasteiger partial charge in [-0.3, -0.25) is 9.78 Å². The molecule has 1 aliphatic rings. The van der Waals surface area contributed by atoms with Gasteiger partial charge in [0.1, 0.15) is 5.76 Å². The summed E-state index contributed by atoms with van der Waals surface area (Å²) in [5.74, 6) is 2.30. The summed E-state index contributed by atoms with van der Waals surface area (Å²) in [6.45, 7) is 5.21. The van der Waals surface area contributed by atoms with Gasteiger partial charge in [0.2, 0.25) is 5.91 Å². The summed E-state index contributed by atoms with van der Waals surface area (Å²) in [4.78, 5) is 23.3. The lowest BCUT2D eigenvalue weighted by Crippen LogP contribution is -2.41. The van der Waals surface area contributed by atoms with Gasteiger partial charge in [-0.05, 0) is 44.7 Å². The summed E-state index contributed by atoms with van der Waals surface area (Å²) < 4.78 is 10.5. The first-order valence-electron chi connectivity index (χ1n) is 9.52. The molecule has 1 fully saturated rings. The van der Waals surface area contributed by atoms with Crippen molar-refractivity contribution in [2.75, 3.05) is 13.1 Å². The molecule has 0 radical (unpaired) electrons. The van der Waals surface area contributed by atoms with Crippen molar-refractivity contribution in [3.05, 3.63) is 47.4 Å². The van der Waals surface area contributed by atoms with E-state index in [1.807, 2.05) is 30.9 Å². The van der Waals surface area contributed by atoms with Crippen LogP contribution in [0.4, 0.5) is 0 Å². The number of rotatable bonds is 5. The fourth-order valence-corrected chi connectivity index (χ4v) is 3.68. The molecule has 3 aromatic heterocycles. The summed E-state index contributed by atoms with van der Waals surface area (Å²) in [5, 5.41) is 8.04. The van der Waals surface area contributed by atoms with E-state index in [-0.39, 0.29) is 5.91 Å². The third-order valence-electron chi connectivity index (χ3n) is 5.23. The van der Waals surface area contributed by atoms with Crippen molar-refractivity contribution in [2.45, 2.75) is 39.5 Å². The molecular weight excluding hydrogens is 358 g/mol. The molecule has 1 saturated heterocycles. The van der Waals surface area contributed by atoms with Gasteiger partial charge in [-0.2, -0.15) is 4.98 Å². The summed E-state index contributed by atoms with van der Waals surface area (Å²) >= 11 is 0. The molecule has 0 spiro atoms. The van der Waals surface area contributed by atoms with Crippen LogP contribution in [0, 0.1) is 19.8 Å². The van der Waals surface area contributed by atoms with Crippen LogP contribution in [0.5, 0.6) is 0 Å². The molecular formula is C20H23N5O3. The van der Waals surface area contributed by atoms with E-state index in [0.29, 0.717) is 42.8 Å². The van der Waals surface area contributed by atoms with Gasteiger partial charge in [0.05, 0.1) is 17.7 Å². The summed E-state index contributed by atoms with van der Waals surface area (Å²) in [6, 6.07) is 3.73. The fourth-order valence-electron chi connectivity index (χ4n) is 3.68. The summed E-state index contributed by atoms with van der Waals surface area (Å²) in [6.07, 6.45) is 6.46. The quantitative estimate of drug-likeness (QED) is 0.670. The van der Waals surface area contributed by atoms with Crippen LogP contribution in [0.2, 0.25) is 0 Å². The molecule has 3 aromatic rings. The Morgan fingerprint density at radius 3 is 2.93 bits per heavy atom. The fraction of sp³-hybridized carbons (Fsp3) is 0.450. The molecule has 4 heterocycles. The van der Waals surface area contributed by atoms with Crippen LogP contribution in [-0.2, 0) is 17.6 Å². The molecule has 0 N–H and O–H groups in total. The highest BCUT2D eigenvalue weighted by molar-refractivity contribution is 5.79. The number of aryl methyl sites for hydroxylation is 2. The predicted octanol–water partition coefficient (Wildman–Crippen LogP) is 2.76. The lowest BCUT2D eigenvalue weighted by Gasteiger charge is -2.32. The van der Waals surface area contributed by atoms with Gasteiger partial charge < -0.3 is 13.9 Å². The lowest BCUT2D eigenvalue weighted by atomic mass is 9.94. The monoisotopic (exact) mass is 381 g/mol. The third kappa shape index (κ3) is 3.95. The number of likely N-dealkylation sites (tertiary alicyclic amines) is 1. The smallest absolute Gasteiger partial charge is 0.259 e. The molecule has 8 nitrogen and oxygen atoms in total. The van der Waals surface area contributed by atoms with Crippen LogP contribution < -0.4 is 0 Å². The van der Waals surface area contributed by atoms with Crippen LogP contribution in [0.15, 0.2) is 33.6 Å². The largest absolute Gasteiger partial charge is 0.361 e. The Morgan fingerprint density at radius 1 is 1.29 bits per heavy atom. The van der Waals surface area contributed by atoms with Crippen LogP contribution in [0.3, 0.4) is 0 Å². The maximum Gasteiger partial charge on any atom is 0.259 e. The highest BCUT2D eigenvalue weighted by Gasteiger charge is 2.26. The molecule has 0 aromatic carbocycles. The molecule has 4 rings (SSSR count). The van der Waals surface area contributed by atoms with E-state index in [4.69, 9.17) is 9.05 Å². The highest BCUT2D eigenvalue weighted by atomic mass is 16.5. The minimum Gasteiger partial charge on any atom is -0.361 e. The second kappa shape index (κ2) is 7.92. The van der Waals surface area contributed by atoms with Crippen molar-refractivity contribution in [3.63, 3.8) is 0 Å². The number of carbonyl (C=O) groups is 1. The molecule has 1 atom stereocenters. The molecule has 1 aliphatic heterocycles. The first kappa shape index (κ1) is 18.3. The maximum absolute atomic E-state index is 12.8. The van der Waals surface area contributed by atoms with Crippen molar-refractivity contribution in [1.82, 2.24) is 25.2 Å². The van der Waals surface area contributed by atoms with E-state index < -0.39 is 0 Å². The maximum atomic E-state index is 12.8. The number of hydrogen-bond acceptors (Lipinski definition) is 7. The second-order valence-electron chi connectivity index (χ2n) is 7.29. The number of aromatic nitrogens is 4. The number of piperidine rings is 1. The number of nitrogens with zero attached hydrogens (tertiary/aromatic N) is 5. The summed E-state index contributed by atoms with van der Waals surface area (Å²) in [7, 11) is 0. The van der Waals surface area contributed by atoms with Gasteiger partial charge in [0.25, 0.3) is 5.89 Å². The van der Waals surface area contributed by atoms with Gasteiger partial charge in [-0.25, -0.2) is 0 Å². The SMILES string of the molecule is Cc1noc(C)c1CC(=O)N1CCCC(Cc2noc(-c3cccnc3)n2)C1. The molecule has 0 bridgehead atoms. The van der Waals surface area contributed by atoms with Crippen LogP contribution in [-0.4, -0.2) is 44.2 Å². The standard InChI is InChI=1S/C20H23N5O3/c1-13-17(14(2)27-23-13)10-19(26)25-8-4-5-15(12-25)9-18-22-20(28-24-18)16-6-3-7-21-11-16/h3,6-7,11,15H,4-5,8-10,12H2,1-2H3. The molecule has 28 heavy (non-hydrogen) atoms. The Morgan fingerprint density at radius 2 is 2.18 bits per heavy atom. The first-order chi connectivity index (χ1) is 13.6. The zero-order valence-corrected chi connectivity index (χ0v) is 16.1. The van der Waals surface area contributed by atoms with Crippen LogP contribution in [0.1, 0.15) is 35.7 Å². The average molecular weight is 381 g/mol. The Balaban J connectivity index is 1.38. The van der Waals surface area contributed by atoms with Gasteiger partial charge in [0.15, 0.2) is 5.82 Å². The van der Waals surface area contributed by atoms with Crippen LogP contribution in [0.25, 0.3) is 11.5 Å². The number of amides is 1. The Bertz CT molecular complexity index is 930. The number of pyridine rings is 1. The molecule has 0 aliphatic carbocycles. The van der Waals surface area contributed by atoms with E-state index in [1.54, 1.807) is 12.4 Å². The van der Waals surface area contributed by atoms with E-state index in [2.05, 4.69) is 20.3 Å². The van der Waals surface area contributed by atoms with Gasteiger partial charge in [0, 0.05) is 37.5 Å². The third-order valence-corrected chi connectivity index (χ3v) is 5.23. The Labute approximate surface area is 162 Å². The van der Waals surface area contributed by atoms with Crippen LogP contribution >= 0.6 is 0 Å². The van der Waals surface area contributed by atoms with Crippen molar-refractivity contribution < 1.29 is 13.8 Å². The molecule has 1 unspecified atom stereocenters. The van der Waals surface area contributed by atoms with Crippen molar-refractivity contribution in [2.24, 2.45) is 5.92 Å². The van der Waals surface area contributed by atoms with Crippen molar-refractivity contribution in [1.29, 1.82) is 0 Å². The van der Waals surface area contributed by atoms with Gasteiger partial charge in [-0.15, -0.1) is 0 Å².